The van der Waals surface area contributed by atoms with E-state index in [9.17, 15) is 0 Å². The van der Waals surface area contributed by atoms with Gasteiger partial charge in [-0.3, -0.25) is 0 Å². The summed E-state index contributed by atoms with van der Waals surface area (Å²) in [6, 6.07) is 5.31. The highest BCUT2D eigenvalue weighted by Crippen LogP contribution is 2.12. The van der Waals surface area contributed by atoms with Gasteiger partial charge >= 0.3 is 0 Å². The average molecular weight is 281 g/mol. The van der Waals surface area contributed by atoms with Gasteiger partial charge < -0.3 is 11.1 Å². The summed E-state index contributed by atoms with van der Waals surface area (Å²) in [6.45, 7) is 0.504. The van der Waals surface area contributed by atoms with E-state index in [1.165, 1.54) is 0 Å². The number of nitrogens with zero attached hydrogens (tertiary/aromatic N) is 4. The summed E-state index contributed by atoms with van der Waals surface area (Å²) in [6.07, 6.45) is 1.62. The van der Waals surface area contributed by atoms with E-state index in [1.807, 2.05) is 12.1 Å². The quantitative estimate of drug-likeness (QED) is 0.822. The highest BCUT2D eigenvalue weighted by molar-refractivity contribution is 9.10. The van der Waals surface area contributed by atoms with Crippen LogP contribution in [0.1, 0.15) is 5.69 Å². The fourth-order valence-corrected chi connectivity index (χ4v) is 1.51. The number of hydrogen-bond donors (Lipinski definition) is 2. The number of nitrogens with two attached hydrogens (primary N) is 1. The zero-order valence-electron chi connectivity index (χ0n) is 8.26. The van der Waals surface area contributed by atoms with Crippen molar-refractivity contribution in [2.75, 3.05) is 11.1 Å². The normalized spacial score (nSPS) is 10.1. The Morgan fingerprint density at radius 2 is 2.25 bits per heavy atom. The molecule has 16 heavy (non-hydrogen) atoms. The second-order valence-electron chi connectivity index (χ2n) is 3.01. The summed E-state index contributed by atoms with van der Waals surface area (Å²) in [5, 5.41) is 10.7. The Morgan fingerprint density at radius 1 is 1.38 bits per heavy atom. The maximum Gasteiger partial charge on any atom is 0.226 e. The Kier molecular flexibility index (Phi) is 3.25. The van der Waals surface area contributed by atoms with Gasteiger partial charge in [-0.15, -0.1) is 0 Å². The number of halogens is 1. The zero-order valence-corrected chi connectivity index (χ0v) is 9.85. The Bertz CT molecular complexity index is 454. The topological polar surface area (TPSA) is 89.6 Å². The van der Waals surface area contributed by atoms with E-state index >= 15 is 0 Å². The van der Waals surface area contributed by atoms with E-state index in [0.29, 0.717) is 22.9 Å². The fraction of sp³-hybridized carbons (Fsp3) is 0.111. The molecule has 0 aliphatic rings. The molecule has 0 saturated carbocycles. The number of aromatic nitrogens is 4. The lowest BCUT2D eigenvalue weighted by Gasteiger charge is -2.04. The molecule has 3 N–H and O–H groups in total. The molecular weight excluding hydrogens is 272 g/mol. The van der Waals surface area contributed by atoms with Gasteiger partial charge in [0, 0.05) is 12.3 Å². The Hall–Kier alpha value is -1.76. The SMILES string of the molecule is Nc1cc(Br)nc(NCc2cccnn2)n1. The minimum atomic E-state index is 0.406. The summed E-state index contributed by atoms with van der Waals surface area (Å²) in [4.78, 5) is 8.14. The van der Waals surface area contributed by atoms with Crippen LogP contribution in [-0.4, -0.2) is 20.2 Å². The summed E-state index contributed by atoms with van der Waals surface area (Å²) < 4.78 is 0.640. The second-order valence-corrected chi connectivity index (χ2v) is 3.82. The van der Waals surface area contributed by atoms with Gasteiger partial charge in [0.2, 0.25) is 5.95 Å². The zero-order chi connectivity index (χ0) is 11.4. The van der Waals surface area contributed by atoms with Gasteiger partial charge in [0.05, 0.1) is 12.2 Å². The van der Waals surface area contributed by atoms with Crippen LogP contribution in [0.25, 0.3) is 0 Å². The third kappa shape index (κ3) is 2.86. The Balaban J connectivity index is 2.05. The van der Waals surface area contributed by atoms with E-state index in [1.54, 1.807) is 12.3 Å². The molecule has 0 aliphatic heterocycles. The lowest BCUT2D eigenvalue weighted by atomic mass is 10.4. The van der Waals surface area contributed by atoms with E-state index in [-0.39, 0.29) is 0 Å². The third-order valence-electron chi connectivity index (χ3n) is 1.77. The highest BCUT2D eigenvalue weighted by atomic mass is 79.9. The molecule has 0 spiro atoms. The highest BCUT2D eigenvalue weighted by Gasteiger charge is 2.00. The number of anilines is 2. The lowest BCUT2D eigenvalue weighted by Crippen LogP contribution is -2.06. The molecule has 82 valence electrons. The number of hydrogen-bond acceptors (Lipinski definition) is 6. The van der Waals surface area contributed by atoms with Crippen LogP contribution < -0.4 is 11.1 Å². The second kappa shape index (κ2) is 4.84. The van der Waals surface area contributed by atoms with Gasteiger partial charge in [0.25, 0.3) is 0 Å². The van der Waals surface area contributed by atoms with Crippen LogP contribution >= 0.6 is 15.9 Å². The molecule has 0 aliphatic carbocycles. The molecular formula is C9H9BrN6. The van der Waals surface area contributed by atoms with Crippen molar-refractivity contribution < 1.29 is 0 Å². The smallest absolute Gasteiger partial charge is 0.226 e. The summed E-state index contributed by atoms with van der Waals surface area (Å²) in [5.74, 6) is 0.862. The number of rotatable bonds is 3. The van der Waals surface area contributed by atoms with Crippen molar-refractivity contribution in [1.29, 1.82) is 0 Å². The predicted octanol–water partition coefficient (Wildman–Crippen LogP) is 1.22. The molecule has 0 saturated heterocycles. The van der Waals surface area contributed by atoms with Gasteiger partial charge in [0.1, 0.15) is 10.4 Å². The van der Waals surface area contributed by atoms with Gasteiger partial charge in [0.15, 0.2) is 0 Å². The summed E-state index contributed by atoms with van der Waals surface area (Å²) >= 11 is 3.24. The molecule has 6 nitrogen and oxygen atoms in total. The van der Waals surface area contributed by atoms with E-state index < -0.39 is 0 Å². The molecule has 0 radical (unpaired) electrons. The van der Waals surface area contributed by atoms with Crippen LogP contribution in [0.5, 0.6) is 0 Å². The van der Waals surface area contributed by atoms with Crippen LogP contribution in [0.4, 0.5) is 11.8 Å². The molecule has 0 atom stereocenters. The summed E-state index contributed by atoms with van der Waals surface area (Å²) in [5.41, 5.74) is 6.39. The van der Waals surface area contributed by atoms with Crippen LogP contribution in [0.3, 0.4) is 0 Å². The van der Waals surface area contributed by atoms with E-state index in [0.717, 1.165) is 5.69 Å². The van der Waals surface area contributed by atoms with Gasteiger partial charge in [-0.25, -0.2) is 4.98 Å². The molecule has 2 aromatic heterocycles. The molecule has 2 rings (SSSR count). The van der Waals surface area contributed by atoms with Crippen molar-refractivity contribution in [3.8, 4) is 0 Å². The van der Waals surface area contributed by atoms with Crippen molar-refractivity contribution in [2.24, 2.45) is 0 Å². The minimum Gasteiger partial charge on any atom is -0.383 e. The van der Waals surface area contributed by atoms with Gasteiger partial charge in [-0.2, -0.15) is 15.2 Å². The van der Waals surface area contributed by atoms with Gasteiger partial charge in [-0.05, 0) is 28.1 Å². The maximum absolute atomic E-state index is 5.58. The molecule has 0 amide bonds. The Labute approximate surface area is 100 Å². The monoisotopic (exact) mass is 280 g/mol. The first-order valence-corrected chi connectivity index (χ1v) is 5.34. The first-order valence-electron chi connectivity index (χ1n) is 4.54. The van der Waals surface area contributed by atoms with E-state index in [4.69, 9.17) is 5.73 Å². The van der Waals surface area contributed by atoms with Crippen LogP contribution in [0.15, 0.2) is 29.0 Å². The lowest BCUT2D eigenvalue weighted by molar-refractivity contribution is 0.912. The van der Waals surface area contributed by atoms with Crippen molar-refractivity contribution in [2.45, 2.75) is 6.54 Å². The van der Waals surface area contributed by atoms with Crippen molar-refractivity contribution >= 4 is 27.7 Å². The first kappa shape index (κ1) is 10.7. The number of nitrogens with one attached hydrogen (secondary N) is 1. The molecule has 0 bridgehead atoms. The number of nitrogen functional groups attached to an aromatic ring is 1. The summed E-state index contributed by atoms with van der Waals surface area (Å²) in [7, 11) is 0. The molecule has 0 fully saturated rings. The molecule has 0 aromatic carbocycles. The fourth-order valence-electron chi connectivity index (χ4n) is 1.11. The Morgan fingerprint density at radius 3 is 2.94 bits per heavy atom. The third-order valence-corrected chi connectivity index (χ3v) is 2.18. The van der Waals surface area contributed by atoms with Crippen LogP contribution in [0, 0.1) is 0 Å². The van der Waals surface area contributed by atoms with Crippen molar-refractivity contribution in [1.82, 2.24) is 20.2 Å². The standard InChI is InChI=1S/C9H9BrN6/c10-7-4-8(11)15-9(14-7)12-5-6-2-1-3-13-16-6/h1-4H,5H2,(H3,11,12,14,15). The predicted molar refractivity (Wildman–Crippen MR) is 63.5 cm³/mol. The molecule has 0 unspecified atom stereocenters. The first-order chi connectivity index (χ1) is 7.74. The van der Waals surface area contributed by atoms with Crippen LogP contribution in [0.2, 0.25) is 0 Å². The van der Waals surface area contributed by atoms with Crippen molar-refractivity contribution in [3.63, 3.8) is 0 Å². The largest absolute Gasteiger partial charge is 0.383 e. The molecule has 2 aromatic rings. The van der Waals surface area contributed by atoms with Crippen molar-refractivity contribution in [3.05, 3.63) is 34.7 Å². The minimum absolute atomic E-state index is 0.406. The average Bonchev–Trinajstić information content (AvgIpc) is 2.27. The van der Waals surface area contributed by atoms with Gasteiger partial charge in [-0.1, -0.05) is 0 Å². The van der Waals surface area contributed by atoms with Crippen LogP contribution in [-0.2, 0) is 6.54 Å². The van der Waals surface area contributed by atoms with E-state index in [2.05, 4.69) is 41.4 Å². The maximum atomic E-state index is 5.58. The molecule has 2 heterocycles. The molecule has 7 heteroatoms.